The molecule has 23 heavy (non-hydrogen) atoms. The molecule has 0 aliphatic heterocycles. The van der Waals surface area contributed by atoms with E-state index in [1.807, 2.05) is 24.3 Å². The molecule has 0 bridgehead atoms. The van der Waals surface area contributed by atoms with Gasteiger partial charge in [0.1, 0.15) is 0 Å². The van der Waals surface area contributed by atoms with Gasteiger partial charge in [-0.05, 0) is 59.8 Å². The Balaban J connectivity index is 2.10. The molecule has 0 fully saturated rings. The number of halogens is 2. The minimum absolute atomic E-state index is 0.331. The molecule has 0 saturated heterocycles. The number of thiophene rings is 1. The van der Waals surface area contributed by atoms with Gasteiger partial charge in [0.05, 0.1) is 12.7 Å². The Hall–Kier alpha value is -1.55. The van der Waals surface area contributed by atoms with Crippen LogP contribution in [-0.4, -0.2) is 13.1 Å². The quantitative estimate of drug-likeness (QED) is 0.541. The molecule has 3 rings (SSSR count). The van der Waals surface area contributed by atoms with Crippen molar-refractivity contribution in [3.8, 4) is 0 Å². The number of hydrogen-bond acceptors (Lipinski definition) is 3. The topological polar surface area (TPSA) is 26.3 Å². The second-order valence-corrected chi connectivity index (χ2v) is 7.35. The van der Waals surface area contributed by atoms with E-state index < -0.39 is 0 Å². The third-order valence-corrected chi connectivity index (χ3v) is 5.52. The summed E-state index contributed by atoms with van der Waals surface area (Å²) in [7, 11) is 1.39. The molecule has 0 unspecified atom stereocenters. The number of aryl methyl sites for hydroxylation is 1. The highest BCUT2D eigenvalue weighted by Gasteiger charge is 2.14. The van der Waals surface area contributed by atoms with Gasteiger partial charge in [0.25, 0.3) is 0 Å². The molecule has 5 heteroatoms. The molecule has 0 aliphatic rings. The lowest BCUT2D eigenvalue weighted by Crippen LogP contribution is -2.00. The number of fused-ring (bicyclic) bond motifs is 1. The van der Waals surface area contributed by atoms with Crippen molar-refractivity contribution in [2.45, 2.75) is 13.3 Å². The Morgan fingerprint density at radius 3 is 2.70 bits per heavy atom. The third kappa shape index (κ3) is 3.23. The summed E-state index contributed by atoms with van der Waals surface area (Å²) >= 11 is 14.1. The first-order valence-corrected chi connectivity index (χ1v) is 8.61. The van der Waals surface area contributed by atoms with E-state index in [2.05, 4.69) is 6.92 Å². The highest BCUT2D eigenvalue weighted by molar-refractivity contribution is 7.19. The number of methoxy groups -OCH3 is 1. The minimum atomic E-state index is -0.331. The normalized spacial score (nSPS) is 11.0. The van der Waals surface area contributed by atoms with E-state index in [0.717, 1.165) is 15.6 Å². The van der Waals surface area contributed by atoms with E-state index in [0.29, 0.717) is 22.0 Å². The van der Waals surface area contributed by atoms with E-state index in [9.17, 15) is 4.79 Å². The summed E-state index contributed by atoms with van der Waals surface area (Å²) in [6.45, 7) is 2.08. The monoisotopic (exact) mass is 364 g/mol. The van der Waals surface area contributed by atoms with Crippen molar-refractivity contribution in [3.63, 3.8) is 0 Å². The van der Waals surface area contributed by atoms with Crippen molar-refractivity contribution in [1.82, 2.24) is 0 Å². The van der Waals surface area contributed by atoms with Crippen molar-refractivity contribution in [3.05, 3.63) is 68.0 Å². The summed E-state index contributed by atoms with van der Waals surface area (Å²) in [6.07, 6.45) is 0.676. The van der Waals surface area contributed by atoms with Crippen LogP contribution in [0.1, 0.15) is 26.4 Å². The molecular weight excluding hydrogens is 351 g/mol. The first kappa shape index (κ1) is 16.3. The molecule has 118 valence electrons. The zero-order valence-electron chi connectivity index (χ0n) is 12.7. The number of hydrogen-bond donors (Lipinski definition) is 0. The second kappa shape index (κ2) is 6.52. The number of carbonyl (C=O) groups is 1. The van der Waals surface area contributed by atoms with Crippen LogP contribution >= 0.6 is 34.5 Å². The lowest BCUT2D eigenvalue weighted by atomic mass is 10.0. The van der Waals surface area contributed by atoms with Gasteiger partial charge in [0, 0.05) is 26.0 Å². The number of ether oxygens (including phenoxy) is 1. The standard InChI is InChI=1S/C18H14Cl2O2S/c1-10-14(9-12-7-13(19)4-5-16(12)20)15-8-11(18(21)22-2)3-6-17(15)23-10/h3-8H,9H2,1-2H3. The van der Waals surface area contributed by atoms with E-state index >= 15 is 0 Å². The lowest BCUT2D eigenvalue weighted by Gasteiger charge is -2.07. The maximum absolute atomic E-state index is 11.8. The fourth-order valence-corrected chi connectivity index (χ4v) is 4.05. The molecule has 2 nitrogen and oxygen atoms in total. The first-order chi connectivity index (χ1) is 11.0. The van der Waals surface area contributed by atoms with Crippen molar-refractivity contribution in [1.29, 1.82) is 0 Å². The molecule has 0 aliphatic carbocycles. The zero-order valence-corrected chi connectivity index (χ0v) is 15.0. The third-order valence-electron chi connectivity index (χ3n) is 3.79. The van der Waals surface area contributed by atoms with Gasteiger partial charge in [-0.2, -0.15) is 0 Å². The molecule has 0 amide bonds. The van der Waals surface area contributed by atoms with Gasteiger partial charge >= 0.3 is 5.97 Å². The summed E-state index contributed by atoms with van der Waals surface area (Å²) in [5.41, 5.74) is 2.70. The van der Waals surface area contributed by atoms with Gasteiger partial charge in [-0.3, -0.25) is 0 Å². The smallest absolute Gasteiger partial charge is 0.337 e. The van der Waals surface area contributed by atoms with E-state index in [-0.39, 0.29) is 5.97 Å². The SMILES string of the molecule is COC(=O)c1ccc2sc(C)c(Cc3cc(Cl)ccc3Cl)c2c1. The van der Waals surface area contributed by atoms with Crippen molar-refractivity contribution in [2.75, 3.05) is 7.11 Å². The zero-order chi connectivity index (χ0) is 16.6. The molecule has 1 heterocycles. The Kier molecular flexibility index (Phi) is 4.62. The van der Waals surface area contributed by atoms with Gasteiger partial charge in [0.15, 0.2) is 0 Å². The number of rotatable bonds is 3. The number of esters is 1. The molecule has 0 saturated carbocycles. The Labute approximate surface area is 148 Å². The molecule has 1 aromatic heterocycles. The average molecular weight is 365 g/mol. The van der Waals surface area contributed by atoms with Gasteiger partial charge < -0.3 is 4.74 Å². The molecule has 0 radical (unpaired) electrons. The first-order valence-electron chi connectivity index (χ1n) is 7.04. The molecule has 0 atom stereocenters. The molecule has 2 aromatic carbocycles. The molecule has 3 aromatic rings. The minimum Gasteiger partial charge on any atom is -0.465 e. The van der Waals surface area contributed by atoms with Crippen LogP contribution in [0.2, 0.25) is 10.0 Å². The van der Waals surface area contributed by atoms with Crippen molar-refractivity contribution in [2.24, 2.45) is 0 Å². The summed E-state index contributed by atoms with van der Waals surface area (Å²) in [5.74, 6) is -0.331. The van der Waals surface area contributed by atoms with E-state index in [1.54, 1.807) is 23.5 Å². The largest absolute Gasteiger partial charge is 0.465 e. The lowest BCUT2D eigenvalue weighted by molar-refractivity contribution is 0.0601. The predicted molar refractivity (Wildman–Crippen MR) is 97.2 cm³/mol. The predicted octanol–water partition coefficient (Wildman–Crippen LogP) is 5.89. The van der Waals surface area contributed by atoms with Crippen LogP contribution in [0.25, 0.3) is 10.1 Å². The van der Waals surface area contributed by atoms with E-state index in [1.165, 1.54) is 17.6 Å². The highest BCUT2D eigenvalue weighted by atomic mass is 35.5. The van der Waals surface area contributed by atoms with Gasteiger partial charge in [-0.1, -0.05) is 23.2 Å². The van der Waals surface area contributed by atoms with Crippen molar-refractivity contribution >= 4 is 50.6 Å². The second-order valence-electron chi connectivity index (χ2n) is 5.25. The highest BCUT2D eigenvalue weighted by Crippen LogP contribution is 2.35. The Morgan fingerprint density at radius 2 is 1.96 bits per heavy atom. The Morgan fingerprint density at radius 1 is 1.17 bits per heavy atom. The van der Waals surface area contributed by atoms with Crippen LogP contribution < -0.4 is 0 Å². The summed E-state index contributed by atoms with van der Waals surface area (Å²) in [6, 6.07) is 11.1. The van der Waals surface area contributed by atoms with Crippen LogP contribution in [0, 0.1) is 6.92 Å². The fourth-order valence-electron chi connectivity index (χ4n) is 2.60. The van der Waals surface area contributed by atoms with Crippen LogP contribution in [-0.2, 0) is 11.2 Å². The maximum Gasteiger partial charge on any atom is 0.337 e. The van der Waals surface area contributed by atoms with E-state index in [4.69, 9.17) is 27.9 Å². The number of benzene rings is 2. The summed E-state index contributed by atoms with van der Waals surface area (Å²) < 4.78 is 5.95. The molecular formula is C18H14Cl2O2S. The van der Waals surface area contributed by atoms with Gasteiger partial charge in [-0.15, -0.1) is 11.3 Å². The van der Waals surface area contributed by atoms with Crippen LogP contribution in [0.3, 0.4) is 0 Å². The van der Waals surface area contributed by atoms with Crippen molar-refractivity contribution < 1.29 is 9.53 Å². The number of carbonyl (C=O) groups excluding carboxylic acids is 1. The molecule has 0 spiro atoms. The van der Waals surface area contributed by atoms with Gasteiger partial charge in [-0.25, -0.2) is 4.79 Å². The Bertz CT molecular complexity index is 899. The van der Waals surface area contributed by atoms with Crippen LogP contribution in [0.5, 0.6) is 0 Å². The van der Waals surface area contributed by atoms with Crippen LogP contribution in [0.4, 0.5) is 0 Å². The maximum atomic E-state index is 11.8. The average Bonchev–Trinajstić information content (AvgIpc) is 2.85. The summed E-state index contributed by atoms with van der Waals surface area (Å²) in [4.78, 5) is 13.0. The van der Waals surface area contributed by atoms with Crippen LogP contribution in [0.15, 0.2) is 36.4 Å². The fraction of sp³-hybridized carbons (Fsp3) is 0.167. The summed E-state index contributed by atoms with van der Waals surface area (Å²) in [5, 5.41) is 2.42. The van der Waals surface area contributed by atoms with Gasteiger partial charge in [0.2, 0.25) is 0 Å². The molecule has 0 N–H and O–H groups in total.